The van der Waals surface area contributed by atoms with E-state index in [0.29, 0.717) is 26.3 Å². The zero-order valence-electron chi connectivity index (χ0n) is 8.99. The molecule has 1 N–H and O–H groups in total. The van der Waals surface area contributed by atoms with Crippen LogP contribution >= 0.6 is 0 Å². The number of rotatable bonds is 2. The van der Waals surface area contributed by atoms with Crippen molar-refractivity contribution in [1.29, 1.82) is 0 Å². The number of hydrogen-bond donors (Lipinski definition) is 1. The molecule has 0 saturated carbocycles. The molecule has 1 aliphatic rings. The Labute approximate surface area is 88.5 Å². The number of carbonyl (C=O) groups excluding carboxylic acids is 2. The Morgan fingerprint density at radius 1 is 1.40 bits per heavy atom. The van der Waals surface area contributed by atoms with Crippen LogP contribution in [-0.2, 0) is 14.3 Å². The average Bonchev–Trinajstić information content (AvgIpc) is 2.29. The molecular weight excluding hydrogens is 200 g/mol. The molecule has 1 aliphatic heterocycles. The van der Waals surface area contributed by atoms with Crippen LogP contribution < -0.4 is 5.32 Å². The van der Waals surface area contributed by atoms with Gasteiger partial charge in [-0.3, -0.25) is 4.79 Å². The van der Waals surface area contributed by atoms with Crippen LogP contribution in [-0.4, -0.2) is 56.4 Å². The third-order valence-corrected chi connectivity index (χ3v) is 2.21. The van der Waals surface area contributed by atoms with Gasteiger partial charge in [0.05, 0.1) is 20.3 Å². The molecule has 6 nitrogen and oxygen atoms in total. The minimum Gasteiger partial charge on any atom is -0.453 e. The summed E-state index contributed by atoms with van der Waals surface area (Å²) in [4.78, 5) is 24.3. The lowest BCUT2D eigenvalue weighted by molar-refractivity contribution is -0.136. The van der Waals surface area contributed by atoms with E-state index in [1.54, 1.807) is 11.8 Å². The number of hydrogen-bond acceptors (Lipinski definition) is 4. The van der Waals surface area contributed by atoms with Crippen LogP contribution in [0.25, 0.3) is 0 Å². The molecule has 6 heteroatoms. The highest BCUT2D eigenvalue weighted by molar-refractivity contribution is 5.85. The fourth-order valence-corrected chi connectivity index (χ4v) is 1.36. The number of amides is 2. The second kappa shape index (κ2) is 5.55. The Bertz CT molecular complexity index is 238. The van der Waals surface area contributed by atoms with Crippen LogP contribution in [0.15, 0.2) is 0 Å². The van der Waals surface area contributed by atoms with E-state index in [1.165, 1.54) is 7.11 Å². The number of ether oxygens (including phenoxy) is 2. The third kappa shape index (κ3) is 3.39. The number of alkyl carbamates (subject to hydrolysis) is 1. The van der Waals surface area contributed by atoms with E-state index in [1.807, 2.05) is 0 Å². The second-order valence-electron chi connectivity index (χ2n) is 3.30. The van der Waals surface area contributed by atoms with Crippen LogP contribution in [0.1, 0.15) is 6.92 Å². The van der Waals surface area contributed by atoms with E-state index in [0.717, 1.165) is 0 Å². The largest absolute Gasteiger partial charge is 0.453 e. The Balaban J connectivity index is 2.40. The lowest BCUT2D eigenvalue weighted by atomic mass is 10.2. The molecule has 1 fully saturated rings. The minimum atomic E-state index is -0.593. The van der Waals surface area contributed by atoms with Crippen molar-refractivity contribution in [3.8, 4) is 0 Å². The summed E-state index contributed by atoms with van der Waals surface area (Å²) in [5, 5.41) is 2.43. The third-order valence-electron chi connectivity index (χ3n) is 2.21. The predicted molar refractivity (Wildman–Crippen MR) is 52.4 cm³/mol. The maximum atomic E-state index is 11.7. The van der Waals surface area contributed by atoms with Gasteiger partial charge in [-0.1, -0.05) is 0 Å². The molecule has 86 valence electrons. The van der Waals surface area contributed by atoms with Crippen LogP contribution in [0, 0.1) is 0 Å². The second-order valence-corrected chi connectivity index (χ2v) is 3.30. The van der Waals surface area contributed by atoms with Gasteiger partial charge in [0, 0.05) is 13.1 Å². The van der Waals surface area contributed by atoms with Crippen LogP contribution in [0.5, 0.6) is 0 Å². The summed E-state index contributed by atoms with van der Waals surface area (Å²) < 4.78 is 9.54. The fraction of sp³-hybridized carbons (Fsp3) is 0.778. The van der Waals surface area contributed by atoms with Gasteiger partial charge in [0.25, 0.3) is 0 Å². The Kier molecular flexibility index (Phi) is 4.36. The molecular formula is C9H16N2O4. The lowest BCUT2D eigenvalue weighted by Crippen LogP contribution is -2.50. The summed E-state index contributed by atoms with van der Waals surface area (Å²) in [6, 6.07) is -0.560. The number of morpholine rings is 1. The summed E-state index contributed by atoms with van der Waals surface area (Å²) in [6.07, 6.45) is -0.593. The first-order valence-electron chi connectivity index (χ1n) is 4.86. The van der Waals surface area contributed by atoms with Gasteiger partial charge in [0.15, 0.2) is 0 Å². The van der Waals surface area contributed by atoms with Gasteiger partial charge < -0.3 is 19.7 Å². The fourth-order valence-electron chi connectivity index (χ4n) is 1.36. The smallest absolute Gasteiger partial charge is 0.407 e. The topological polar surface area (TPSA) is 67.9 Å². The first kappa shape index (κ1) is 11.8. The summed E-state index contributed by atoms with van der Waals surface area (Å²) in [6.45, 7) is 3.89. The maximum absolute atomic E-state index is 11.7. The normalized spacial score (nSPS) is 18.1. The molecule has 15 heavy (non-hydrogen) atoms. The first-order chi connectivity index (χ1) is 7.15. The molecule has 1 heterocycles. The molecule has 0 spiro atoms. The van der Waals surface area contributed by atoms with Gasteiger partial charge >= 0.3 is 6.09 Å². The minimum absolute atomic E-state index is 0.108. The van der Waals surface area contributed by atoms with E-state index >= 15 is 0 Å². The van der Waals surface area contributed by atoms with Crippen molar-refractivity contribution in [3.05, 3.63) is 0 Å². The number of methoxy groups -OCH3 is 1. The molecule has 0 unspecified atom stereocenters. The van der Waals surface area contributed by atoms with E-state index in [9.17, 15) is 9.59 Å². The summed E-state index contributed by atoms with van der Waals surface area (Å²) in [5.41, 5.74) is 0. The zero-order chi connectivity index (χ0) is 11.3. The Morgan fingerprint density at radius 3 is 2.53 bits per heavy atom. The van der Waals surface area contributed by atoms with Gasteiger partial charge in [0.2, 0.25) is 5.91 Å². The molecule has 0 aromatic carbocycles. The predicted octanol–water partition coefficient (Wildman–Crippen LogP) is -0.410. The maximum Gasteiger partial charge on any atom is 0.407 e. The zero-order valence-corrected chi connectivity index (χ0v) is 8.99. The first-order valence-corrected chi connectivity index (χ1v) is 4.86. The van der Waals surface area contributed by atoms with E-state index in [2.05, 4.69) is 10.1 Å². The van der Waals surface area contributed by atoms with Crippen molar-refractivity contribution in [1.82, 2.24) is 10.2 Å². The van der Waals surface area contributed by atoms with Crippen molar-refractivity contribution in [3.63, 3.8) is 0 Å². The highest BCUT2D eigenvalue weighted by Crippen LogP contribution is 2.00. The summed E-state index contributed by atoms with van der Waals surface area (Å²) in [5.74, 6) is -0.108. The number of nitrogens with zero attached hydrogens (tertiary/aromatic N) is 1. The molecule has 1 atom stereocenters. The van der Waals surface area contributed by atoms with Crippen molar-refractivity contribution >= 4 is 12.0 Å². The van der Waals surface area contributed by atoms with Crippen molar-refractivity contribution in [2.45, 2.75) is 13.0 Å². The Morgan fingerprint density at radius 2 is 2.00 bits per heavy atom. The number of carbonyl (C=O) groups is 2. The van der Waals surface area contributed by atoms with Gasteiger partial charge in [-0.15, -0.1) is 0 Å². The Hall–Kier alpha value is -1.30. The van der Waals surface area contributed by atoms with E-state index in [4.69, 9.17) is 4.74 Å². The highest BCUT2D eigenvalue weighted by Gasteiger charge is 2.23. The van der Waals surface area contributed by atoms with Gasteiger partial charge in [-0.25, -0.2) is 4.79 Å². The van der Waals surface area contributed by atoms with Crippen molar-refractivity contribution < 1.29 is 19.1 Å². The van der Waals surface area contributed by atoms with Crippen molar-refractivity contribution in [2.24, 2.45) is 0 Å². The molecule has 0 aromatic rings. The van der Waals surface area contributed by atoms with Crippen molar-refractivity contribution in [2.75, 3.05) is 33.4 Å². The van der Waals surface area contributed by atoms with Gasteiger partial charge in [-0.05, 0) is 6.92 Å². The van der Waals surface area contributed by atoms with E-state index in [-0.39, 0.29) is 5.91 Å². The standard InChI is InChI=1S/C9H16N2O4/c1-7(10-9(13)14-2)8(12)11-3-5-15-6-4-11/h7H,3-6H2,1-2H3,(H,10,13)/t7-/m0/s1. The van der Waals surface area contributed by atoms with Crippen LogP contribution in [0.3, 0.4) is 0 Å². The van der Waals surface area contributed by atoms with E-state index < -0.39 is 12.1 Å². The average molecular weight is 216 g/mol. The molecule has 0 aromatic heterocycles. The summed E-state index contributed by atoms with van der Waals surface area (Å²) >= 11 is 0. The molecule has 0 bridgehead atoms. The highest BCUT2D eigenvalue weighted by atomic mass is 16.5. The molecule has 0 aliphatic carbocycles. The SMILES string of the molecule is COC(=O)N[C@@H](C)C(=O)N1CCOCC1. The molecule has 2 amide bonds. The summed E-state index contributed by atoms with van der Waals surface area (Å²) in [7, 11) is 1.27. The monoisotopic (exact) mass is 216 g/mol. The number of nitrogens with one attached hydrogen (secondary N) is 1. The van der Waals surface area contributed by atoms with Gasteiger partial charge in [0.1, 0.15) is 6.04 Å². The quantitative estimate of drug-likeness (QED) is 0.681. The molecule has 0 radical (unpaired) electrons. The van der Waals surface area contributed by atoms with Gasteiger partial charge in [-0.2, -0.15) is 0 Å². The molecule has 1 rings (SSSR count). The molecule has 1 saturated heterocycles. The lowest BCUT2D eigenvalue weighted by Gasteiger charge is -2.29. The van der Waals surface area contributed by atoms with Crippen LogP contribution in [0.4, 0.5) is 4.79 Å². The van der Waals surface area contributed by atoms with Crippen LogP contribution in [0.2, 0.25) is 0 Å².